The average molecular weight is 401 g/mol. The van der Waals surface area contributed by atoms with Crippen molar-refractivity contribution >= 4 is 51.0 Å². The summed E-state index contributed by atoms with van der Waals surface area (Å²) in [7, 11) is 1.86. The van der Waals surface area contributed by atoms with E-state index in [0.717, 1.165) is 20.8 Å². The fourth-order valence-corrected chi connectivity index (χ4v) is 6.87. The Kier molecular flexibility index (Phi) is 5.25. The molecule has 0 bridgehead atoms. The highest BCUT2D eigenvalue weighted by Gasteiger charge is 2.23. The van der Waals surface area contributed by atoms with Gasteiger partial charge in [0.05, 0.1) is 20.8 Å². The van der Waals surface area contributed by atoms with Crippen LogP contribution >= 0.6 is 34.9 Å². The number of hydrogen-bond donors (Lipinski definition) is 0. The molecule has 1 amide bonds. The molecule has 0 saturated carbocycles. The van der Waals surface area contributed by atoms with Crippen molar-refractivity contribution in [3.05, 3.63) is 64.7 Å². The minimum atomic E-state index is -0.0551. The lowest BCUT2D eigenvalue weighted by Crippen LogP contribution is -2.29. The van der Waals surface area contributed by atoms with E-state index in [4.69, 9.17) is 4.98 Å². The number of hydrogen-bond acceptors (Lipinski definition) is 5. The summed E-state index contributed by atoms with van der Waals surface area (Å²) in [6.07, 6.45) is 0. The van der Waals surface area contributed by atoms with Gasteiger partial charge in [0.1, 0.15) is 5.01 Å². The van der Waals surface area contributed by atoms with Crippen LogP contribution in [-0.2, 0) is 0 Å². The molecule has 0 unspecified atom stereocenters. The molecule has 1 aliphatic heterocycles. The maximum Gasteiger partial charge on any atom is 0.254 e. The summed E-state index contributed by atoms with van der Waals surface area (Å²) >= 11 is 5.62. The lowest BCUT2D eigenvalue weighted by atomic mass is 10.1. The Bertz CT molecular complexity index is 883. The predicted octanol–water partition coefficient (Wildman–Crippen LogP) is 5.61. The summed E-state index contributed by atoms with van der Waals surface area (Å²) in [4.78, 5) is 19.4. The molecule has 2 aromatic carbocycles. The number of amides is 1. The van der Waals surface area contributed by atoms with Gasteiger partial charge in [0.15, 0.2) is 0 Å². The van der Waals surface area contributed by atoms with E-state index in [1.54, 1.807) is 16.2 Å². The third-order valence-corrected chi connectivity index (χ3v) is 8.93. The van der Waals surface area contributed by atoms with Gasteiger partial charge in [0.25, 0.3) is 5.91 Å². The molecule has 1 aromatic heterocycles. The Morgan fingerprint density at radius 1 is 1.12 bits per heavy atom. The predicted molar refractivity (Wildman–Crippen MR) is 114 cm³/mol. The van der Waals surface area contributed by atoms with Gasteiger partial charge in [-0.15, -0.1) is 34.9 Å². The second-order valence-corrected chi connectivity index (χ2v) is 10.1. The lowest BCUT2D eigenvalue weighted by Gasteiger charge is -2.23. The SMILES string of the molecule is C[C@H](c1nc2ccccc2s1)N(C)C(=O)c1ccc(C2SCCS2)cc1. The van der Waals surface area contributed by atoms with Crippen LogP contribution in [0.15, 0.2) is 48.5 Å². The van der Waals surface area contributed by atoms with Gasteiger partial charge in [0, 0.05) is 24.1 Å². The number of fused-ring (bicyclic) bond motifs is 1. The number of thioether (sulfide) groups is 2. The minimum absolute atomic E-state index is 0.0371. The number of carbonyl (C=O) groups is 1. The maximum absolute atomic E-state index is 12.9. The highest BCUT2D eigenvalue weighted by atomic mass is 32.2. The Morgan fingerprint density at radius 2 is 1.81 bits per heavy atom. The van der Waals surface area contributed by atoms with Crippen molar-refractivity contribution in [2.45, 2.75) is 17.5 Å². The molecule has 0 radical (unpaired) electrons. The molecule has 1 atom stereocenters. The number of benzene rings is 2. The van der Waals surface area contributed by atoms with Crippen LogP contribution in [0.3, 0.4) is 0 Å². The molecule has 2 heterocycles. The molecule has 4 rings (SSSR count). The van der Waals surface area contributed by atoms with Crippen molar-refractivity contribution < 1.29 is 4.79 Å². The third-order valence-electron chi connectivity index (χ3n) is 4.62. The Morgan fingerprint density at radius 3 is 2.50 bits per heavy atom. The van der Waals surface area contributed by atoms with Crippen molar-refractivity contribution in [2.24, 2.45) is 0 Å². The first-order valence-corrected chi connectivity index (χ1v) is 11.5. The molecular weight excluding hydrogens is 380 g/mol. The molecule has 1 aliphatic rings. The number of thiazole rings is 1. The minimum Gasteiger partial charge on any atom is -0.333 e. The summed E-state index contributed by atoms with van der Waals surface area (Å²) in [5.74, 6) is 2.45. The summed E-state index contributed by atoms with van der Waals surface area (Å²) in [6.45, 7) is 2.04. The second-order valence-electron chi connectivity index (χ2n) is 6.31. The average Bonchev–Trinajstić information content (AvgIpc) is 3.36. The normalized spacial score (nSPS) is 16.1. The van der Waals surface area contributed by atoms with Crippen molar-refractivity contribution in [3.8, 4) is 0 Å². The fraction of sp³-hybridized carbons (Fsp3) is 0.300. The summed E-state index contributed by atoms with van der Waals surface area (Å²) in [5, 5.41) is 0.970. The standard InChI is InChI=1S/C20H20N2OS3/c1-13(18-21-16-5-3-4-6-17(16)26-18)22(2)19(23)14-7-9-15(10-8-14)20-24-11-12-25-20/h3-10,13,20H,11-12H2,1-2H3/t13-/m1/s1. The van der Waals surface area contributed by atoms with Gasteiger partial charge in [-0.1, -0.05) is 24.3 Å². The third kappa shape index (κ3) is 3.50. The molecular formula is C20H20N2OS3. The van der Waals surface area contributed by atoms with E-state index in [9.17, 15) is 4.79 Å². The number of aromatic nitrogens is 1. The quantitative estimate of drug-likeness (QED) is 0.570. The van der Waals surface area contributed by atoms with Gasteiger partial charge in [0.2, 0.25) is 0 Å². The van der Waals surface area contributed by atoms with Crippen molar-refractivity contribution in [2.75, 3.05) is 18.6 Å². The molecule has 0 N–H and O–H groups in total. The van der Waals surface area contributed by atoms with Crippen molar-refractivity contribution in [1.82, 2.24) is 9.88 Å². The van der Waals surface area contributed by atoms with Gasteiger partial charge in [-0.3, -0.25) is 4.79 Å². The van der Waals surface area contributed by atoms with Crippen LogP contribution in [0.1, 0.15) is 38.5 Å². The summed E-state index contributed by atoms with van der Waals surface area (Å²) in [6, 6.07) is 16.2. The molecule has 6 heteroatoms. The van der Waals surface area contributed by atoms with Crippen LogP contribution in [0.4, 0.5) is 0 Å². The van der Waals surface area contributed by atoms with Crippen molar-refractivity contribution in [3.63, 3.8) is 0 Å². The molecule has 0 aliphatic carbocycles. The van der Waals surface area contributed by atoms with E-state index in [2.05, 4.69) is 18.2 Å². The van der Waals surface area contributed by atoms with Gasteiger partial charge in [-0.2, -0.15) is 0 Å². The van der Waals surface area contributed by atoms with E-state index in [1.807, 2.05) is 67.8 Å². The lowest BCUT2D eigenvalue weighted by molar-refractivity contribution is 0.0742. The highest BCUT2D eigenvalue weighted by Crippen LogP contribution is 2.45. The zero-order chi connectivity index (χ0) is 18.1. The summed E-state index contributed by atoms with van der Waals surface area (Å²) < 4.78 is 1.67. The zero-order valence-corrected chi connectivity index (χ0v) is 17.2. The van der Waals surface area contributed by atoms with E-state index >= 15 is 0 Å². The van der Waals surface area contributed by atoms with Gasteiger partial charge < -0.3 is 4.90 Å². The molecule has 134 valence electrons. The fourth-order valence-electron chi connectivity index (χ4n) is 2.95. The molecule has 1 fully saturated rings. The number of nitrogens with zero attached hydrogens (tertiary/aromatic N) is 2. The van der Waals surface area contributed by atoms with Crippen LogP contribution in [0.25, 0.3) is 10.2 Å². The van der Waals surface area contributed by atoms with Gasteiger partial charge >= 0.3 is 0 Å². The first-order chi connectivity index (χ1) is 12.6. The molecule has 3 nitrogen and oxygen atoms in total. The summed E-state index contributed by atoms with van der Waals surface area (Å²) in [5.41, 5.74) is 3.03. The van der Waals surface area contributed by atoms with E-state index in [-0.39, 0.29) is 11.9 Å². The Balaban J connectivity index is 1.51. The Hall–Kier alpha value is -1.50. The van der Waals surface area contributed by atoms with E-state index < -0.39 is 0 Å². The van der Waals surface area contributed by atoms with Gasteiger partial charge in [-0.05, 0) is 36.8 Å². The van der Waals surface area contributed by atoms with Gasteiger partial charge in [-0.25, -0.2) is 4.98 Å². The molecule has 1 saturated heterocycles. The van der Waals surface area contributed by atoms with Crippen molar-refractivity contribution in [1.29, 1.82) is 0 Å². The van der Waals surface area contributed by atoms with Crippen LogP contribution < -0.4 is 0 Å². The zero-order valence-electron chi connectivity index (χ0n) is 14.7. The highest BCUT2D eigenvalue weighted by molar-refractivity contribution is 8.19. The van der Waals surface area contributed by atoms with Crippen LogP contribution in [0.2, 0.25) is 0 Å². The van der Waals surface area contributed by atoms with Crippen LogP contribution in [0.5, 0.6) is 0 Å². The topological polar surface area (TPSA) is 33.2 Å². The first-order valence-electron chi connectivity index (χ1n) is 8.59. The second kappa shape index (κ2) is 7.62. The largest absolute Gasteiger partial charge is 0.333 e. The maximum atomic E-state index is 12.9. The molecule has 26 heavy (non-hydrogen) atoms. The van der Waals surface area contributed by atoms with E-state index in [1.165, 1.54) is 17.1 Å². The number of carbonyl (C=O) groups excluding carboxylic acids is 1. The van der Waals surface area contributed by atoms with Crippen LogP contribution in [0, 0.1) is 0 Å². The monoisotopic (exact) mass is 400 g/mol. The number of para-hydroxylation sites is 1. The number of rotatable bonds is 4. The smallest absolute Gasteiger partial charge is 0.254 e. The van der Waals surface area contributed by atoms with E-state index in [0.29, 0.717) is 4.58 Å². The first kappa shape index (κ1) is 17.9. The molecule has 3 aromatic rings. The Labute approximate surface area is 166 Å². The van der Waals surface area contributed by atoms with Crippen LogP contribution in [-0.4, -0.2) is 34.3 Å². The molecule has 0 spiro atoms.